The van der Waals surface area contributed by atoms with Crippen molar-refractivity contribution in [2.75, 3.05) is 11.9 Å². The summed E-state index contributed by atoms with van der Waals surface area (Å²) in [5, 5.41) is 2.74. The lowest BCUT2D eigenvalue weighted by molar-refractivity contribution is -0.116. The molecule has 1 heterocycles. The number of nitrogens with zero attached hydrogens (tertiary/aromatic N) is 1. The highest BCUT2D eigenvalue weighted by Crippen LogP contribution is 2.10. The number of rotatable bonds is 12. The van der Waals surface area contributed by atoms with E-state index >= 15 is 0 Å². The second kappa shape index (κ2) is 11.5. The van der Waals surface area contributed by atoms with E-state index in [4.69, 9.17) is 5.73 Å². The molecule has 0 radical (unpaired) electrons. The number of amides is 1. The Labute approximate surface area is 121 Å². The van der Waals surface area contributed by atoms with Crippen molar-refractivity contribution in [1.82, 2.24) is 9.97 Å². The Bertz CT molecular complexity index is 338. The minimum absolute atomic E-state index is 0.0433. The van der Waals surface area contributed by atoms with E-state index in [1.54, 1.807) is 12.4 Å². The normalized spacial score (nSPS) is 10.7. The number of imidazole rings is 1. The third-order valence-electron chi connectivity index (χ3n) is 3.36. The topological polar surface area (TPSA) is 83.8 Å². The number of nitrogens with one attached hydrogen (secondary N) is 2. The smallest absolute Gasteiger partial charge is 0.226 e. The van der Waals surface area contributed by atoms with Crippen LogP contribution in [0.2, 0.25) is 0 Å². The quantitative estimate of drug-likeness (QED) is 0.514. The summed E-state index contributed by atoms with van der Waals surface area (Å²) in [5.41, 5.74) is 5.45. The molecule has 1 aromatic heterocycles. The average Bonchev–Trinajstić information content (AvgIpc) is 2.93. The molecule has 0 fully saturated rings. The minimum atomic E-state index is 0.0433. The van der Waals surface area contributed by atoms with Crippen molar-refractivity contribution in [3.8, 4) is 0 Å². The predicted molar refractivity (Wildman–Crippen MR) is 82.4 cm³/mol. The molecule has 0 aromatic carbocycles. The first kappa shape index (κ1) is 16.7. The SMILES string of the molecule is NCCCCCCCCCCCC(=O)Nc1ncc[nH]1. The Morgan fingerprint density at radius 3 is 2.20 bits per heavy atom. The Morgan fingerprint density at radius 2 is 1.65 bits per heavy atom. The minimum Gasteiger partial charge on any atom is -0.331 e. The monoisotopic (exact) mass is 280 g/mol. The summed E-state index contributed by atoms with van der Waals surface area (Å²) in [7, 11) is 0. The maximum atomic E-state index is 11.6. The van der Waals surface area contributed by atoms with Crippen LogP contribution in [-0.4, -0.2) is 22.4 Å². The molecule has 1 rings (SSSR count). The zero-order valence-electron chi connectivity index (χ0n) is 12.4. The summed E-state index contributed by atoms with van der Waals surface area (Å²) in [6.45, 7) is 0.820. The van der Waals surface area contributed by atoms with Crippen molar-refractivity contribution in [2.45, 2.75) is 64.2 Å². The van der Waals surface area contributed by atoms with E-state index in [0.717, 1.165) is 25.8 Å². The number of carbonyl (C=O) groups excluding carboxylic acids is 1. The molecule has 0 bridgehead atoms. The first-order valence-corrected chi connectivity index (χ1v) is 7.82. The summed E-state index contributed by atoms with van der Waals surface area (Å²) in [6.07, 6.45) is 14.9. The third-order valence-corrected chi connectivity index (χ3v) is 3.36. The number of H-pyrrole nitrogens is 1. The first-order valence-electron chi connectivity index (χ1n) is 7.82. The average molecular weight is 280 g/mol. The molecule has 4 N–H and O–H groups in total. The van der Waals surface area contributed by atoms with Gasteiger partial charge >= 0.3 is 0 Å². The number of carbonyl (C=O) groups is 1. The highest BCUT2D eigenvalue weighted by atomic mass is 16.1. The van der Waals surface area contributed by atoms with Gasteiger partial charge in [0.2, 0.25) is 11.9 Å². The molecule has 0 unspecified atom stereocenters. The number of aromatic nitrogens is 2. The van der Waals surface area contributed by atoms with Gasteiger partial charge in [-0.1, -0.05) is 44.9 Å². The Kier molecular flexibility index (Phi) is 9.57. The molecule has 1 aromatic rings. The molecule has 0 aliphatic carbocycles. The summed E-state index contributed by atoms with van der Waals surface area (Å²) < 4.78 is 0. The lowest BCUT2D eigenvalue weighted by Gasteiger charge is -2.03. The number of unbranched alkanes of at least 4 members (excludes halogenated alkanes) is 8. The highest BCUT2D eigenvalue weighted by Gasteiger charge is 2.02. The number of nitrogens with two attached hydrogens (primary N) is 1. The van der Waals surface area contributed by atoms with Gasteiger partial charge in [-0.15, -0.1) is 0 Å². The van der Waals surface area contributed by atoms with E-state index in [1.807, 2.05) is 0 Å². The van der Waals surface area contributed by atoms with Crippen molar-refractivity contribution >= 4 is 11.9 Å². The van der Waals surface area contributed by atoms with E-state index in [1.165, 1.54) is 38.5 Å². The van der Waals surface area contributed by atoms with Gasteiger partial charge in [0, 0.05) is 18.8 Å². The fraction of sp³-hybridized carbons (Fsp3) is 0.733. The molecule has 20 heavy (non-hydrogen) atoms. The van der Waals surface area contributed by atoms with E-state index in [0.29, 0.717) is 12.4 Å². The van der Waals surface area contributed by atoms with Crippen LogP contribution >= 0.6 is 0 Å². The van der Waals surface area contributed by atoms with Crippen LogP contribution in [0.3, 0.4) is 0 Å². The van der Waals surface area contributed by atoms with Gasteiger partial charge < -0.3 is 10.7 Å². The number of aromatic amines is 1. The van der Waals surface area contributed by atoms with Crippen LogP contribution in [0.25, 0.3) is 0 Å². The third kappa shape index (κ3) is 8.69. The number of hydrogen-bond acceptors (Lipinski definition) is 3. The number of anilines is 1. The predicted octanol–water partition coefficient (Wildman–Crippen LogP) is 3.21. The van der Waals surface area contributed by atoms with Crippen LogP contribution in [0, 0.1) is 0 Å². The summed E-state index contributed by atoms with van der Waals surface area (Å²) in [6, 6.07) is 0. The molecule has 1 amide bonds. The summed E-state index contributed by atoms with van der Waals surface area (Å²) in [5.74, 6) is 0.578. The summed E-state index contributed by atoms with van der Waals surface area (Å²) in [4.78, 5) is 18.4. The summed E-state index contributed by atoms with van der Waals surface area (Å²) >= 11 is 0. The van der Waals surface area contributed by atoms with E-state index in [2.05, 4.69) is 15.3 Å². The van der Waals surface area contributed by atoms with Crippen LogP contribution in [0.1, 0.15) is 64.2 Å². The Hall–Kier alpha value is -1.36. The molecule has 0 spiro atoms. The number of hydrogen-bond donors (Lipinski definition) is 3. The van der Waals surface area contributed by atoms with Crippen LogP contribution in [-0.2, 0) is 4.79 Å². The van der Waals surface area contributed by atoms with Gasteiger partial charge in [0.1, 0.15) is 0 Å². The molecule has 0 saturated carbocycles. The zero-order chi connectivity index (χ0) is 14.5. The largest absolute Gasteiger partial charge is 0.331 e. The van der Waals surface area contributed by atoms with Gasteiger partial charge in [-0.2, -0.15) is 0 Å². The van der Waals surface area contributed by atoms with E-state index in [9.17, 15) is 4.79 Å². The fourth-order valence-electron chi connectivity index (χ4n) is 2.20. The second-order valence-corrected chi connectivity index (χ2v) is 5.21. The van der Waals surface area contributed by atoms with Crippen LogP contribution < -0.4 is 11.1 Å². The zero-order valence-corrected chi connectivity index (χ0v) is 12.4. The molecular formula is C15H28N4O. The second-order valence-electron chi connectivity index (χ2n) is 5.21. The molecule has 0 aliphatic heterocycles. The standard InChI is InChI=1S/C15H28N4O/c16-11-9-7-5-3-1-2-4-6-8-10-14(20)19-15-17-12-13-18-15/h12-13H,1-11,16H2,(H2,17,18,19,20). The van der Waals surface area contributed by atoms with Gasteiger partial charge in [0.25, 0.3) is 0 Å². The molecular weight excluding hydrogens is 252 g/mol. The molecule has 0 saturated heterocycles. The Morgan fingerprint density at radius 1 is 1.05 bits per heavy atom. The molecule has 5 heteroatoms. The van der Waals surface area contributed by atoms with Crippen molar-refractivity contribution in [3.05, 3.63) is 12.4 Å². The lowest BCUT2D eigenvalue weighted by atomic mass is 10.1. The van der Waals surface area contributed by atoms with Gasteiger partial charge in [-0.05, 0) is 19.4 Å². The van der Waals surface area contributed by atoms with Crippen molar-refractivity contribution < 1.29 is 4.79 Å². The van der Waals surface area contributed by atoms with E-state index in [-0.39, 0.29) is 5.91 Å². The van der Waals surface area contributed by atoms with Crippen molar-refractivity contribution in [2.24, 2.45) is 5.73 Å². The van der Waals surface area contributed by atoms with Crippen LogP contribution in [0.4, 0.5) is 5.95 Å². The molecule has 5 nitrogen and oxygen atoms in total. The van der Waals surface area contributed by atoms with Gasteiger partial charge in [0.05, 0.1) is 0 Å². The van der Waals surface area contributed by atoms with Crippen molar-refractivity contribution in [1.29, 1.82) is 0 Å². The fourth-order valence-corrected chi connectivity index (χ4v) is 2.20. The molecule has 0 aliphatic rings. The van der Waals surface area contributed by atoms with E-state index < -0.39 is 0 Å². The van der Waals surface area contributed by atoms with Crippen LogP contribution in [0.15, 0.2) is 12.4 Å². The van der Waals surface area contributed by atoms with Gasteiger partial charge in [-0.3, -0.25) is 10.1 Å². The van der Waals surface area contributed by atoms with Gasteiger partial charge in [0.15, 0.2) is 0 Å². The first-order chi connectivity index (χ1) is 9.83. The molecule has 0 atom stereocenters. The van der Waals surface area contributed by atoms with Crippen LogP contribution in [0.5, 0.6) is 0 Å². The maximum Gasteiger partial charge on any atom is 0.226 e. The lowest BCUT2D eigenvalue weighted by Crippen LogP contribution is -2.12. The van der Waals surface area contributed by atoms with Gasteiger partial charge in [-0.25, -0.2) is 4.98 Å². The van der Waals surface area contributed by atoms with Crippen molar-refractivity contribution in [3.63, 3.8) is 0 Å². The molecule has 114 valence electrons. The Balaban J connectivity index is 1.83. The maximum absolute atomic E-state index is 11.6. The highest BCUT2D eigenvalue weighted by molar-refractivity contribution is 5.88.